The molecule has 3 heterocycles. The van der Waals surface area contributed by atoms with Crippen molar-refractivity contribution in [3.8, 4) is 0 Å². The zero-order valence-electron chi connectivity index (χ0n) is 20.1. The number of hydrogen-bond acceptors (Lipinski definition) is 7. The lowest BCUT2D eigenvalue weighted by atomic mass is 9.92. The Morgan fingerprint density at radius 3 is 2.33 bits per heavy atom. The molecule has 0 saturated carbocycles. The van der Waals surface area contributed by atoms with E-state index in [1.165, 1.54) is 0 Å². The number of nitrogens with zero attached hydrogens (tertiary/aromatic N) is 3. The van der Waals surface area contributed by atoms with Gasteiger partial charge in [0, 0.05) is 29.6 Å². The van der Waals surface area contributed by atoms with Crippen molar-refractivity contribution in [2.45, 2.75) is 30.8 Å². The first-order valence-corrected chi connectivity index (χ1v) is 12.6. The maximum absolute atomic E-state index is 9.36. The molecular formula is C29H30N4O3. The summed E-state index contributed by atoms with van der Waals surface area (Å²) in [5.74, 6) is 0.431. The third-order valence-electron chi connectivity index (χ3n) is 7.05. The minimum absolute atomic E-state index is 0.00819. The number of aliphatic hydroxyl groups is 1. The van der Waals surface area contributed by atoms with Gasteiger partial charge in [0.2, 0.25) is 11.7 Å². The Morgan fingerprint density at radius 1 is 0.917 bits per heavy atom. The van der Waals surface area contributed by atoms with Crippen molar-refractivity contribution in [3.05, 3.63) is 96.1 Å². The molecule has 0 aliphatic carbocycles. The van der Waals surface area contributed by atoms with Gasteiger partial charge < -0.3 is 24.8 Å². The van der Waals surface area contributed by atoms with Crippen LogP contribution in [0.1, 0.15) is 24.0 Å². The second-order valence-electron chi connectivity index (χ2n) is 9.26. The van der Waals surface area contributed by atoms with Gasteiger partial charge in [0.05, 0.1) is 30.9 Å². The second-order valence-corrected chi connectivity index (χ2v) is 9.26. The molecule has 0 radical (unpaired) electrons. The average molecular weight is 483 g/mol. The van der Waals surface area contributed by atoms with E-state index in [1.807, 2.05) is 60.7 Å². The molecule has 2 saturated heterocycles. The zero-order chi connectivity index (χ0) is 24.4. The van der Waals surface area contributed by atoms with Crippen LogP contribution in [0.5, 0.6) is 0 Å². The maximum Gasteiger partial charge on any atom is 0.228 e. The van der Waals surface area contributed by atoms with Crippen LogP contribution in [0, 0.1) is 0 Å². The molecule has 7 nitrogen and oxygen atoms in total. The molecule has 36 heavy (non-hydrogen) atoms. The molecule has 1 aromatic heterocycles. The second kappa shape index (κ2) is 9.85. The molecule has 0 amide bonds. The van der Waals surface area contributed by atoms with Gasteiger partial charge in [-0.1, -0.05) is 72.8 Å². The molecule has 0 bridgehead atoms. The molecule has 2 unspecified atom stereocenters. The summed E-state index contributed by atoms with van der Waals surface area (Å²) in [7, 11) is 0. The Hall–Kier alpha value is -3.52. The van der Waals surface area contributed by atoms with Gasteiger partial charge in [-0.3, -0.25) is 0 Å². The number of aliphatic hydroxyl groups excluding tert-OH is 1. The van der Waals surface area contributed by atoms with Crippen LogP contribution in [0.4, 0.5) is 11.8 Å². The van der Waals surface area contributed by atoms with Crippen molar-refractivity contribution in [3.63, 3.8) is 0 Å². The number of para-hydroxylation sites is 1. The molecule has 2 aliphatic heterocycles. The largest absolute Gasteiger partial charge is 0.395 e. The summed E-state index contributed by atoms with van der Waals surface area (Å²) < 4.78 is 13.6. The SMILES string of the molecule is OCCNc1nc(N2CCCC3OC(c4ccccc4)(c4ccccc4)OCC32)nc2ccccc12. The number of nitrogens with one attached hydrogen (secondary N) is 1. The van der Waals surface area contributed by atoms with Crippen molar-refractivity contribution in [1.29, 1.82) is 0 Å². The normalized spacial score (nSPS) is 21.2. The maximum atomic E-state index is 9.36. The minimum Gasteiger partial charge on any atom is -0.395 e. The van der Waals surface area contributed by atoms with E-state index in [4.69, 9.17) is 19.4 Å². The van der Waals surface area contributed by atoms with E-state index >= 15 is 0 Å². The highest BCUT2D eigenvalue weighted by Gasteiger charge is 2.48. The lowest BCUT2D eigenvalue weighted by Gasteiger charge is -2.50. The van der Waals surface area contributed by atoms with Crippen LogP contribution in [0.3, 0.4) is 0 Å². The molecule has 2 N–H and O–H groups in total. The Labute approximate surface area is 210 Å². The van der Waals surface area contributed by atoms with Crippen molar-refractivity contribution >= 4 is 22.7 Å². The smallest absolute Gasteiger partial charge is 0.228 e. The lowest BCUT2D eigenvalue weighted by Crippen LogP contribution is -2.60. The quantitative estimate of drug-likeness (QED) is 0.424. The molecule has 3 aromatic carbocycles. The van der Waals surface area contributed by atoms with Crippen LogP contribution in [0.2, 0.25) is 0 Å². The first-order chi connectivity index (χ1) is 17.8. The van der Waals surface area contributed by atoms with E-state index in [0.717, 1.165) is 47.2 Å². The molecule has 2 atom stereocenters. The fourth-order valence-electron chi connectivity index (χ4n) is 5.34. The Bertz CT molecular complexity index is 1280. The van der Waals surface area contributed by atoms with Gasteiger partial charge in [0.1, 0.15) is 5.82 Å². The first kappa shape index (κ1) is 22.9. The highest BCUT2D eigenvalue weighted by atomic mass is 16.7. The highest BCUT2D eigenvalue weighted by molar-refractivity contribution is 5.90. The van der Waals surface area contributed by atoms with Gasteiger partial charge in [0.25, 0.3) is 0 Å². The number of ether oxygens (including phenoxy) is 2. The molecule has 7 heteroatoms. The number of piperidine rings is 1. The summed E-state index contributed by atoms with van der Waals surface area (Å²) in [4.78, 5) is 12.0. The van der Waals surface area contributed by atoms with Crippen molar-refractivity contribution < 1.29 is 14.6 Å². The standard InChI is InChI=1S/C29H30N4O3/c34-19-17-30-27-23-14-7-8-15-24(23)31-28(32-27)33-18-9-16-26-25(33)20-35-29(36-26,21-10-3-1-4-11-21)22-12-5-2-6-13-22/h1-8,10-15,25-26,34H,9,16-20H2,(H,30,31,32). The third-order valence-corrected chi connectivity index (χ3v) is 7.05. The fourth-order valence-corrected chi connectivity index (χ4v) is 5.34. The molecule has 0 spiro atoms. The fraction of sp³-hybridized carbons (Fsp3) is 0.310. The van der Waals surface area contributed by atoms with Gasteiger partial charge >= 0.3 is 0 Å². The van der Waals surface area contributed by atoms with Gasteiger partial charge in [-0.05, 0) is 25.0 Å². The Balaban J connectivity index is 1.36. The van der Waals surface area contributed by atoms with E-state index < -0.39 is 5.79 Å². The predicted octanol–water partition coefficient (Wildman–Crippen LogP) is 4.32. The van der Waals surface area contributed by atoms with Gasteiger partial charge in [0.15, 0.2) is 0 Å². The van der Waals surface area contributed by atoms with Crippen LogP contribution in [-0.4, -0.2) is 53.5 Å². The number of anilines is 2. The van der Waals surface area contributed by atoms with Crippen LogP contribution < -0.4 is 10.2 Å². The molecule has 184 valence electrons. The summed E-state index contributed by atoms with van der Waals surface area (Å²) in [5, 5.41) is 13.6. The Kier molecular flexibility index (Phi) is 6.27. The summed E-state index contributed by atoms with van der Waals surface area (Å²) in [5.41, 5.74) is 2.85. The molecule has 2 aliphatic rings. The van der Waals surface area contributed by atoms with Crippen LogP contribution >= 0.6 is 0 Å². The zero-order valence-corrected chi connectivity index (χ0v) is 20.1. The van der Waals surface area contributed by atoms with Gasteiger partial charge in [-0.2, -0.15) is 4.98 Å². The number of aromatic nitrogens is 2. The van der Waals surface area contributed by atoms with Crippen molar-refractivity contribution in [1.82, 2.24) is 9.97 Å². The van der Waals surface area contributed by atoms with Gasteiger partial charge in [-0.15, -0.1) is 0 Å². The topological polar surface area (TPSA) is 79.7 Å². The van der Waals surface area contributed by atoms with Crippen LogP contribution in [0.15, 0.2) is 84.9 Å². The average Bonchev–Trinajstić information content (AvgIpc) is 2.96. The molecular weight excluding hydrogens is 452 g/mol. The van der Waals surface area contributed by atoms with Crippen molar-refractivity contribution in [2.75, 3.05) is 36.5 Å². The van der Waals surface area contributed by atoms with Crippen LogP contribution in [0.25, 0.3) is 10.9 Å². The van der Waals surface area contributed by atoms with E-state index in [2.05, 4.69) is 34.5 Å². The summed E-state index contributed by atoms with van der Waals surface area (Å²) in [6, 6.07) is 28.3. The number of hydrogen-bond donors (Lipinski definition) is 2. The molecule has 4 aromatic rings. The van der Waals surface area contributed by atoms with Crippen LogP contribution in [-0.2, 0) is 15.3 Å². The first-order valence-electron chi connectivity index (χ1n) is 12.6. The monoisotopic (exact) mass is 482 g/mol. The molecule has 6 rings (SSSR count). The summed E-state index contributed by atoms with van der Waals surface area (Å²) in [6.07, 6.45) is 1.86. The lowest BCUT2D eigenvalue weighted by molar-refractivity contribution is -0.288. The van der Waals surface area contributed by atoms with Crippen molar-refractivity contribution in [2.24, 2.45) is 0 Å². The van der Waals surface area contributed by atoms with Gasteiger partial charge in [-0.25, -0.2) is 4.98 Å². The number of benzene rings is 3. The highest BCUT2D eigenvalue weighted by Crippen LogP contribution is 2.43. The number of fused-ring (bicyclic) bond motifs is 2. The summed E-state index contributed by atoms with van der Waals surface area (Å²) >= 11 is 0. The molecule has 2 fully saturated rings. The number of rotatable bonds is 6. The van der Waals surface area contributed by atoms with E-state index in [0.29, 0.717) is 19.1 Å². The van der Waals surface area contributed by atoms with E-state index in [-0.39, 0.29) is 18.8 Å². The predicted molar refractivity (Wildman–Crippen MR) is 140 cm³/mol. The third kappa shape index (κ3) is 4.09. The van der Waals surface area contributed by atoms with E-state index in [9.17, 15) is 5.11 Å². The minimum atomic E-state index is -0.954. The summed E-state index contributed by atoms with van der Waals surface area (Å²) in [6.45, 7) is 1.78. The Morgan fingerprint density at radius 2 is 1.61 bits per heavy atom. The van der Waals surface area contributed by atoms with E-state index in [1.54, 1.807) is 0 Å².